The maximum atomic E-state index is 12.4. The Bertz CT molecular complexity index is 1100. The number of hydrazone groups is 1. The minimum atomic E-state index is -0.398. The summed E-state index contributed by atoms with van der Waals surface area (Å²) < 4.78 is 21.6. The number of nitrogens with zero attached hydrogens (tertiary/aromatic N) is 1. The van der Waals surface area contributed by atoms with Gasteiger partial charge in [0.1, 0.15) is 18.1 Å². The van der Waals surface area contributed by atoms with Crippen molar-refractivity contribution in [3.05, 3.63) is 82.4 Å². The summed E-state index contributed by atoms with van der Waals surface area (Å²) in [5.41, 5.74) is 4.44. The molecule has 0 bridgehead atoms. The van der Waals surface area contributed by atoms with Gasteiger partial charge in [0, 0.05) is 22.2 Å². The van der Waals surface area contributed by atoms with Crippen LogP contribution >= 0.6 is 11.6 Å². The number of rotatable bonds is 9. The van der Waals surface area contributed by atoms with E-state index in [2.05, 4.69) is 10.5 Å². The number of benzene rings is 3. The van der Waals surface area contributed by atoms with Crippen LogP contribution in [0.3, 0.4) is 0 Å². The third-order valence-corrected chi connectivity index (χ3v) is 4.89. The Hall–Kier alpha value is -3.71. The summed E-state index contributed by atoms with van der Waals surface area (Å²) in [6.45, 7) is 0.309. The fraction of sp³-hybridized carbons (Fsp3) is 0.167. The topological polar surface area (TPSA) is 78.4 Å². The molecule has 7 nitrogen and oxygen atoms in total. The van der Waals surface area contributed by atoms with Crippen LogP contribution in [0.1, 0.15) is 21.5 Å². The Balaban J connectivity index is 1.66. The van der Waals surface area contributed by atoms with Crippen molar-refractivity contribution >= 4 is 23.7 Å². The largest absolute Gasteiger partial charge is 0.497 e. The molecule has 0 saturated carbocycles. The van der Waals surface area contributed by atoms with Crippen molar-refractivity contribution < 1.29 is 23.7 Å². The van der Waals surface area contributed by atoms with Crippen molar-refractivity contribution in [2.24, 2.45) is 5.10 Å². The van der Waals surface area contributed by atoms with Crippen molar-refractivity contribution in [2.45, 2.75) is 6.61 Å². The van der Waals surface area contributed by atoms with Gasteiger partial charge in [-0.2, -0.15) is 5.10 Å². The Morgan fingerprint density at radius 2 is 1.66 bits per heavy atom. The summed E-state index contributed by atoms with van der Waals surface area (Å²) in [6.07, 6.45) is 1.51. The summed E-state index contributed by atoms with van der Waals surface area (Å²) >= 11 is 6.17. The maximum absolute atomic E-state index is 12.4. The van der Waals surface area contributed by atoms with Gasteiger partial charge in [-0.05, 0) is 42.0 Å². The van der Waals surface area contributed by atoms with Gasteiger partial charge < -0.3 is 18.9 Å². The average molecular weight is 455 g/mol. The zero-order chi connectivity index (χ0) is 22.9. The van der Waals surface area contributed by atoms with Crippen molar-refractivity contribution in [1.29, 1.82) is 0 Å². The number of methoxy groups -OCH3 is 3. The lowest BCUT2D eigenvalue weighted by molar-refractivity contribution is 0.0954. The normalized spacial score (nSPS) is 10.6. The van der Waals surface area contributed by atoms with E-state index in [4.69, 9.17) is 30.5 Å². The maximum Gasteiger partial charge on any atom is 0.271 e. The van der Waals surface area contributed by atoms with Gasteiger partial charge in [-0.25, -0.2) is 5.43 Å². The molecule has 0 aliphatic rings. The first-order valence-corrected chi connectivity index (χ1v) is 10.0. The van der Waals surface area contributed by atoms with Gasteiger partial charge in [0.25, 0.3) is 5.91 Å². The van der Waals surface area contributed by atoms with Crippen LogP contribution < -0.4 is 24.4 Å². The van der Waals surface area contributed by atoms with Crippen molar-refractivity contribution in [2.75, 3.05) is 21.3 Å². The van der Waals surface area contributed by atoms with Crippen LogP contribution in [-0.4, -0.2) is 33.5 Å². The third-order valence-electron chi connectivity index (χ3n) is 4.52. The lowest BCUT2D eigenvalue weighted by Crippen LogP contribution is -2.17. The smallest absolute Gasteiger partial charge is 0.271 e. The number of carbonyl (C=O) groups is 1. The van der Waals surface area contributed by atoms with E-state index in [1.54, 1.807) is 43.5 Å². The van der Waals surface area contributed by atoms with Gasteiger partial charge in [0.2, 0.25) is 0 Å². The minimum Gasteiger partial charge on any atom is -0.497 e. The standard InChI is InChI=1S/C24H23ClN2O5/c1-29-19-11-18(12-20(13-19)30-2)24(28)27-26-14-16-8-9-22(23(10-16)31-3)32-15-17-6-4-5-7-21(17)25/h4-14H,15H2,1-3H3,(H,27,28)/b26-14-. The molecule has 32 heavy (non-hydrogen) atoms. The van der Waals surface area contributed by atoms with E-state index in [1.807, 2.05) is 24.3 Å². The molecule has 0 radical (unpaired) electrons. The molecule has 3 aromatic rings. The van der Waals surface area contributed by atoms with Gasteiger partial charge in [-0.1, -0.05) is 29.8 Å². The zero-order valence-corrected chi connectivity index (χ0v) is 18.7. The highest BCUT2D eigenvalue weighted by atomic mass is 35.5. The third kappa shape index (κ3) is 5.92. The molecule has 0 saturated heterocycles. The molecule has 166 valence electrons. The average Bonchev–Trinajstić information content (AvgIpc) is 2.83. The number of halogens is 1. The summed E-state index contributed by atoms with van der Waals surface area (Å²) in [5, 5.41) is 4.66. The predicted molar refractivity (Wildman–Crippen MR) is 123 cm³/mol. The van der Waals surface area contributed by atoms with Gasteiger partial charge in [0.15, 0.2) is 11.5 Å². The lowest BCUT2D eigenvalue weighted by Gasteiger charge is -2.12. The van der Waals surface area contributed by atoms with Crippen LogP contribution in [0.4, 0.5) is 0 Å². The second-order valence-electron chi connectivity index (χ2n) is 6.59. The highest BCUT2D eigenvalue weighted by molar-refractivity contribution is 6.31. The Kier molecular flexibility index (Phi) is 7.94. The zero-order valence-electron chi connectivity index (χ0n) is 17.9. The molecule has 0 aliphatic carbocycles. The van der Waals surface area contributed by atoms with Crippen LogP contribution in [0.15, 0.2) is 65.8 Å². The highest BCUT2D eigenvalue weighted by Crippen LogP contribution is 2.29. The molecule has 1 N–H and O–H groups in total. The van der Waals surface area contributed by atoms with E-state index < -0.39 is 5.91 Å². The molecular weight excluding hydrogens is 432 g/mol. The summed E-state index contributed by atoms with van der Waals surface area (Å²) in [6, 6.07) is 17.7. The van der Waals surface area contributed by atoms with Gasteiger partial charge >= 0.3 is 0 Å². The van der Waals surface area contributed by atoms with Crippen LogP contribution in [0.2, 0.25) is 5.02 Å². The summed E-state index contributed by atoms with van der Waals surface area (Å²) in [7, 11) is 4.59. The fourth-order valence-corrected chi connectivity index (χ4v) is 3.01. The molecule has 8 heteroatoms. The lowest BCUT2D eigenvalue weighted by atomic mass is 10.2. The number of nitrogens with one attached hydrogen (secondary N) is 1. The van der Waals surface area contributed by atoms with Crippen LogP contribution in [0, 0.1) is 0 Å². The molecule has 0 unspecified atom stereocenters. The van der Waals surface area contributed by atoms with E-state index in [9.17, 15) is 4.79 Å². The molecule has 0 aromatic heterocycles. The SMILES string of the molecule is COc1cc(OC)cc(C(=O)N/N=C\c2ccc(OCc3ccccc3Cl)c(OC)c2)c1. The number of hydrogen-bond donors (Lipinski definition) is 1. The predicted octanol–water partition coefficient (Wildman–Crippen LogP) is 4.71. The van der Waals surface area contributed by atoms with Gasteiger partial charge in [0.05, 0.1) is 27.5 Å². The summed E-state index contributed by atoms with van der Waals surface area (Å²) in [5.74, 6) is 1.72. The fourth-order valence-electron chi connectivity index (χ4n) is 2.82. The molecule has 0 heterocycles. The van der Waals surface area contributed by atoms with E-state index in [0.29, 0.717) is 40.2 Å². The number of amides is 1. The van der Waals surface area contributed by atoms with Crippen LogP contribution in [0.5, 0.6) is 23.0 Å². The van der Waals surface area contributed by atoms with Crippen LogP contribution in [0.25, 0.3) is 0 Å². The number of carbonyl (C=O) groups excluding carboxylic acids is 1. The first kappa shape index (κ1) is 23.0. The monoisotopic (exact) mass is 454 g/mol. The Labute approximate surface area is 191 Å². The van der Waals surface area contributed by atoms with Crippen LogP contribution in [-0.2, 0) is 6.61 Å². The second kappa shape index (κ2) is 11.1. The molecule has 0 aliphatic heterocycles. The summed E-state index contributed by atoms with van der Waals surface area (Å²) in [4.78, 5) is 12.4. The minimum absolute atomic E-state index is 0.309. The first-order chi connectivity index (χ1) is 15.5. The second-order valence-corrected chi connectivity index (χ2v) is 7.00. The number of hydrogen-bond acceptors (Lipinski definition) is 6. The number of ether oxygens (including phenoxy) is 4. The van der Waals surface area contributed by atoms with E-state index in [1.165, 1.54) is 20.4 Å². The van der Waals surface area contributed by atoms with Gasteiger partial charge in [-0.15, -0.1) is 0 Å². The molecule has 0 atom stereocenters. The Morgan fingerprint density at radius 3 is 2.31 bits per heavy atom. The van der Waals surface area contributed by atoms with E-state index >= 15 is 0 Å². The molecule has 0 fully saturated rings. The van der Waals surface area contributed by atoms with Crippen molar-refractivity contribution in [3.63, 3.8) is 0 Å². The van der Waals surface area contributed by atoms with E-state index in [-0.39, 0.29) is 0 Å². The molecular formula is C24H23ClN2O5. The van der Waals surface area contributed by atoms with Crippen molar-refractivity contribution in [3.8, 4) is 23.0 Å². The van der Waals surface area contributed by atoms with Gasteiger partial charge in [-0.3, -0.25) is 4.79 Å². The molecule has 3 aromatic carbocycles. The molecule has 0 spiro atoms. The van der Waals surface area contributed by atoms with E-state index in [0.717, 1.165) is 11.1 Å². The first-order valence-electron chi connectivity index (χ1n) is 9.64. The quantitative estimate of drug-likeness (QED) is 0.374. The Morgan fingerprint density at radius 1 is 0.938 bits per heavy atom. The van der Waals surface area contributed by atoms with Crippen molar-refractivity contribution in [1.82, 2.24) is 5.43 Å². The molecule has 3 rings (SSSR count). The highest BCUT2D eigenvalue weighted by Gasteiger charge is 2.10. The molecule has 1 amide bonds.